The van der Waals surface area contributed by atoms with Crippen LogP contribution in [0.5, 0.6) is 5.75 Å². The number of carboxylic acid groups (broad SMARTS) is 1. The lowest BCUT2D eigenvalue weighted by molar-refractivity contribution is -0.366. The van der Waals surface area contributed by atoms with Crippen LogP contribution in [0.4, 0.5) is 4.79 Å². The summed E-state index contributed by atoms with van der Waals surface area (Å²) >= 11 is 0. The van der Waals surface area contributed by atoms with Crippen molar-refractivity contribution in [1.29, 1.82) is 0 Å². The fraction of sp³-hybridized carbons (Fsp3) is 0.794. The molecule has 688 valence electrons. The van der Waals surface area contributed by atoms with E-state index in [1.165, 1.54) is 0 Å². The summed E-state index contributed by atoms with van der Waals surface area (Å²) < 4.78 is 99.6. The zero-order valence-electron chi connectivity index (χ0n) is 83.6. The van der Waals surface area contributed by atoms with E-state index in [0.717, 1.165) is 22.3 Å². The summed E-state index contributed by atoms with van der Waals surface area (Å²) in [5, 5.41) is 13.9. The van der Waals surface area contributed by atoms with Gasteiger partial charge < -0.3 is 65.1 Å². The molecule has 120 heavy (non-hydrogen) atoms. The van der Waals surface area contributed by atoms with Crippen LogP contribution in [-0.4, -0.2) is 150 Å². The van der Waals surface area contributed by atoms with Crippen LogP contribution in [0.15, 0.2) is 72.8 Å². The van der Waals surface area contributed by atoms with E-state index in [1.807, 2.05) is 24.3 Å². The number of aliphatic carboxylic acids is 1. The van der Waals surface area contributed by atoms with Crippen molar-refractivity contribution in [3.8, 4) is 16.9 Å². The van der Waals surface area contributed by atoms with E-state index >= 15 is 0 Å². The number of ether oxygens (including phenoxy) is 5. The lowest BCUT2D eigenvalue weighted by Gasteiger charge is -2.59. The zero-order valence-corrected chi connectivity index (χ0v) is 90.6. The molecule has 0 spiro atoms. The molecule has 3 aliphatic rings. The molecule has 2 fully saturated rings. The summed E-state index contributed by atoms with van der Waals surface area (Å²) in [6.45, 7) is 99.4. The Balaban J connectivity index is 1.85. The van der Waals surface area contributed by atoms with Crippen LogP contribution in [0, 0.1) is 0 Å². The van der Waals surface area contributed by atoms with Crippen LogP contribution < -0.4 is 10.1 Å². The van der Waals surface area contributed by atoms with Crippen molar-refractivity contribution >= 4 is 70.3 Å². The molecule has 0 bridgehead atoms. The average molecular weight is 1790 g/mol. The second kappa shape index (κ2) is 43.2. The molecule has 2 N–H and O–H groups in total. The highest BCUT2D eigenvalue weighted by Crippen LogP contribution is 2.57. The second-order valence-electron chi connectivity index (χ2n) is 43.0. The third kappa shape index (κ3) is 20.9. The third-order valence-corrected chi connectivity index (χ3v) is 72.7. The Morgan fingerprint density at radius 3 is 0.942 bits per heavy atom. The Labute approximate surface area is 740 Å². The van der Waals surface area contributed by atoms with Gasteiger partial charge in [-0.25, -0.2) is 9.59 Å². The predicted molar refractivity (Wildman–Crippen MR) is 517 cm³/mol. The zero-order chi connectivity index (χ0) is 91.3. The van der Waals surface area contributed by atoms with Crippen LogP contribution in [0.25, 0.3) is 11.1 Å². The Hall–Kier alpha value is -2.68. The van der Waals surface area contributed by atoms with Gasteiger partial charge in [0.05, 0.1) is 6.61 Å². The molecule has 1 aliphatic carbocycles. The maximum Gasteiger partial charge on any atom is 0.408 e. The standard InChI is InChI=1S/C97H177NO15Si7/c1-57(2)114(58(3)4,59(5)6)103-56-85-87(108-115(60(7)8,61(9)10)62(11)12)88(109-116(63(13)14,64(15)16)65(17)18)91(111-118(69(25)26,70(27)28)71(29)30)95(105-85)106-90-89(110-117(66(19)20,67(21)22)68(23)24)92(112-119(72(31)32,73(33)34)74(35)36)96(113-120(75(37)38,76(39)40)77(41)42)107-94(90)104-79-53-51-78(52-54-79)86(93(99)100)98-97(101)102-55-84-82-49-45-43-47-80(82)81-48-44-46-50-83(81)84/h43-54,57-77,84-92,94-96H,55-56H2,1-42H3,(H,98,101)(H,99,100)/t85-,86+,87+,88+,89-,90?,91+,92-,94+,95-,96+/m1/s1. The summed E-state index contributed by atoms with van der Waals surface area (Å²) in [4.78, 5) is 27.9. The summed E-state index contributed by atoms with van der Waals surface area (Å²) in [5.74, 6) is -1.13. The van der Waals surface area contributed by atoms with Gasteiger partial charge in [-0.1, -0.05) is 351 Å². The first kappa shape index (κ1) is 106. The molecule has 3 aromatic rings. The number of nitrogens with one attached hydrogen (secondary N) is 1. The molecule has 2 aliphatic heterocycles. The van der Waals surface area contributed by atoms with Crippen LogP contribution >= 0.6 is 0 Å². The van der Waals surface area contributed by atoms with Crippen molar-refractivity contribution in [2.45, 2.75) is 481 Å². The van der Waals surface area contributed by atoms with Crippen molar-refractivity contribution in [2.24, 2.45) is 0 Å². The maximum absolute atomic E-state index is 14.2. The van der Waals surface area contributed by atoms with E-state index in [-0.39, 0.29) is 135 Å². The van der Waals surface area contributed by atoms with Gasteiger partial charge in [0.15, 0.2) is 33.0 Å². The van der Waals surface area contributed by atoms with Crippen LogP contribution in [0.3, 0.4) is 0 Å². The molecule has 0 aromatic heterocycles. The molecule has 1 amide bonds. The van der Waals surface area contributed by atoms with Crippen LogP contribution in [0.1, 0.15) is 319 Å². The first-order valence-corrected chi connectivity index (χ1v) is 62.3. The van der Waals surface area contributed by atoms with Gasteiger partial charge in [-0.15, -0.1) is 0 Å². The number of rotatable bonds is 45. The van der Waals surface area contributed by atoms with Gasteiger partial charge in [0, 0.05) is 5.92 Å². The highest BCUT2D eigenvalue weighted by Gasteiger charge is 2.66. The normalized spacial score (nSPS) is 22.1. The monoisotopic (exact) mass is 1790 g/mol. The molecule has 11 atom stereocenters. The molecule has 16 nitrogen and oxygen atoms in total. The topological polar surface area (TPSA) is 177 Å². The molecule has 23 heteroatoms. The third-order valence-electron chi connectivity index (χ3n) is 30.1. The van der Waals surface area contributed by atoms with Crippen molar-refractivity contribution in [1.82, 2.24) is 5.32 Å². The molecule has 2 saturated heterocycles. The molecule has 6 rings (SSSR count). The molecule has 3 aromatic carbocycles. The van der Waals surface area contributed by atoms with Gasteiger partial charge in [0.1, 0.15) is 49.0 Å². The molecule has 1 unspecified atom stereocenters. The number of carbonyl (C=O) groups is 2. The number of carbonyl (C=O) groups excluding carboxylic acids is 1. The van der Waals surface area contributed by atoms with Gasteiger partial charge in [0.2, 0.25) is 56.2 Å². The quantitative estimate of drug-likeness (QED) is 0.0511. The van der Waals surface area contributed by atoms with Gasteiger partial charge in [0.25, 0.3) is 0 Å². The minimum Gasteiger partial charge on any atom is -0.479 e. The van der Waals surface area contributed by atoms with Crippen LogP contribution in [0.2, 0.25) is 116 Å². The number of hydrogen-bond donors (Lipinski definition) is 2. The van der Waals surface area contributed by atoms with E-state index < -0.39 is 138 Å². The number of alkyl carbamates (subject to hydrolysis) is 1. The minimum absolute atomic E-state index is 0.0135. The first-order chi connectivity index (χ1) is 55.5. The Morgan fingerprint density at radius 1 is 0.325 bits per heavy atom. The highest BCUT2D eigenvalue weighted by atomic mass is 28.4. The van der Waals surface area contributed by atoms with Gasteiger partial charge >= 0.3 is 12.1 Å². The summed E-state index contributed by atoms with van der Waals surface area (Å²) in [5.41, 5.74) is 7.79. The summed E-state index contributed by atoms with van der Waals surface area (Å²) in [7, 11) is -20.9. The van der Waals surface area contributed by atoms with Gasteiger partial charge in [-0.05, 0) is 156 Å². The van der Waals surface area contributed by atoms with E-state index in [1.54, 1.807) is 24.3 Å². The lowest BCUT2D eigenvalue weighted by atomic mass is 9.98. The minimum atomic E-state index is -3.13. The molecular weight excluding hydrogens is 1620 g/mol. The highest BCUT2D eigenvalue weighted by molar-refractivity contribution is 6.81. The van der Waals surface area contributed by atoms with E-state index in [9.17, 15) is 14.7 Å². The fourth-order valence-electron chi connectivity index (χ4n) is 25.5. The van der Waals surface area contributed by atoms with E-state index in [4.69, 9.17) is 54.7 Å². The number of amides is 1. The van der Waals surface area contributed by atoms with Gasteiger partial charge in [-0.2, -0.15) is 0 Å². The smallest absolute Gasteiger partial charge is 0.408 e. The van der Waals surface area contributed by atoms with E-state index in [2.05, 4.69) is 320 Å². The second-order valence-corrected chi connectivity index (χ2v) is 80.9. The average Bonchev–Trinajstić information content (AvgIpc) is 0.968. The fourth-order valence-corrected chi connectivity index (χ4v) is 64.1. The SMILES string of the molecule is CC(C)[Si](OC[C@H]1O[C@H](OC2[C@@H](Oc3ccc([C@H](NC(=O)OCC4c5ccccc5-c5ccccc54)C(=O)O)cc3)O[C@@H](O[Si](C(C)C)(C(C)C)C(C)C)[C@H](O[Si](C(C)C)(C(C)C)C(C)C)[C@@H]2O[Si](C(C)C)(C(C)C)C(C)C)[C@@H](O[Si](C(C)C)(C(C)C)C(C)C)[C@@H](O[Si](C(C)C)(C(C)C)C(C)C)[C@H]1O[Si](C(C)C)(C(C)C)C(C)C)(C(C)C)C(C)C. The Bertz CT molecular complexity index is 3450. The Kier molecular flexibility index (Phi) is 38.2. The molecule has 2 heterocycles. The maximum atomic E-state index is 14.2. The van der Waals surface area contributed by atoms with Crippen molar-refractivity contribution in [2.75, 3.05) is 13.2 Å². The number of fused-ring (bicyclic) bond motifs is 3. The Morgan fingerprint density at radius 2 is 0.617 bits per heavy atom. The van der Waals surface area contributed by atoms with Crippen molar-refractivity contribution in [3.05, 3.63) is 89.5 Å². The predicted octanol–water partition coefficient (Wildman–Crippen LogP) is 28.7. The number of benzene rings is 3. The molecular formula is C97H177NO15Si7. The van der Waals surface area contributed by atoms with Crippen molar-refractivity contribution in [3.63, 3.8) is 0 Å². The first-order valence-electron chi connectivity index (χ1n) is 47.3. The molecule has 0 saturated carbocycles. The number of hydrogen-bond acceptors (Lipinski definition) is 14. The largest absolute Gasteiger partial charge is 0.479 e. The van der Waals surface area contributed by atoms with E-state index in [0.29, 0.717) is 11.3 Å². The molecule has 0 radical (unpaired) electrons. The lowest BCUT2D eigenvalue weighted by Crippen LogP contribution is -2.73. The van der Waals surface area contributed by atoms with Crippen LogP contribution in [-0.2, 0) is 54.7 Å². The van der Waals surface area contributed by atoms with Gasteiger partial charge in [-0.3, -0.25) is 0 Å². The number of carboxylic acids is 1. The van der Waals surface area contributed by atoms with Crippen molar-refractivity contribution < 1.29 is 69.4 Å². The summed E-state index contributed by atoms with van der Waals surface area (Å²) in [6.07, 6.45) is -10.6. The summed E-state index contributed by atoms with van der Waals surface area (Å²) in [6, 6.07) is 21.7.